The highest BCUT2D eigenvalue weighted by molar-refractivity contribution is 6.32. The molecule has 1 aromatic carbocycles. The molecule has 0 N–H and O–H groups in total. The number of hydrogen-bond donors (Lipinski definition) is 0. The smallest absolute Gasteiger partial charge is 0.261 e. The summed E-state index contributed by atoms with van der Waals surface area (Å²) in [5, 5.41) is 0.756. The Hall–Kier alpha value is -1.72. The van der Waals surface area contributed by atoms with E-state index in [-0.39, 0.29) is 17.3 Å². The third-order valence-electron chi connectivity index (χ3n) is 4.15. The average molecular weight is 321 g/mol. The third kappa shape index (κ3) is 2.55. The minimum absolute atomic E-state index is 0.147. The van der Waals surface area contributed by atoms with E-state index in [1.807, 2.05) is 0 Å². The zero-order chi connectivity index (χ0) is 15.9. The van der Waals surface area contributed by atoms with Gasteiger partial charge in [0.25, 0.3) is 5.56 Å². The highest BCUT2D eigenvalue weighted by Gasteiger charge is 2.23. The highest BCUT2D eigenvalue weighted by Crippen LogP contribution is 2.27. The molecule has 0 radical (unpaired) electrons. The van der Waals surface area contributed by atoms with Gasteiger partial charge in [-0.1, -0.05) is 11.6 Å². The molecule has 22 heavy (non-hydrogen) atoms. The molecule has 0 unspecified atom stereocenters. The maximum atomic E-state index is 12.6. The summed E-state index contributed by atoms with van der Waals surface area (Å²) in [6, 6.07) is 3.15. The average Bonchev–Trinajstić information content (AvgIpc) is 2.51. The normalized spacial score (nSPS) is 16.1. The van der Waals surface area contributed by atoms with Gasteiger partial charge in [-0.05, 0) is 31.9 Å². The topological polar surface area (TPSA) is 61.2 Å². The van der Waals surface area contributed by atoms with E-state index in [1.165, 1.54) is 6.92 Å². The quantitative estimate of drug-likeness (QED) is 0.798. The Kier molecular flexibility index (Phi) is 4.02. The molecule has 5 nitrogen and oxygen atoms in total. The summed E-state index contributed by atoms with van der Waals surface area (Å²) >= 11 is 6.04. The molecule has 1 aromatic heterocycles. The monoisotopic (exact) mass is 320 g/mol. The zero-order valence-corrected chi connectivity index (χ0v) is 13.3. The predicted octanol–water partition coefficient (Wildman–Crippen LogP) is 2.68. The Morgan fingerprint density at radius 2 is 2.05 bits per heavy atom. The molecule has 6 heteroatoms. The van der Waals surface area contributed by atoms with Crippen LogP contribution in [0.1, 0.15) is 41.9 Å². The maximum Gasteiger partial charge on any atom is 0.261 e. The molecule has 3 rings (SSSR count). The summed E-state index contributed by atoms with van der Waals surface area (Å²) in [6.45, 7) is 2.79. The second-order valence-corrected chi connectivity index (χ2v) is 6.06. The summed E-state index contributed by atoms with van der Waals surface area (Å²) < 4.78 is 6.94. The molecule has 0 aliphatic carbocycles. The van der Waals surface area contributed by atoms with E-state index in [2.05, 4.69) is 4.98 Å². The number of halogens is 1. The Morgan fingerprint density at radius 1 is 1.36 bits per heavy atom. The van der Waals surface area contributed by atoms with Gasteiger partial charge in [0.2, 0.25) is 0 Å². The van der Waals surface area contributed by atoms with Crippen LogP contribution in [0, 0.1) is 0 Å². The minimum atomic E-state index is -0.170. The SMILES string of the molecule is CC(=O)c1cc(Cl)cc2c(=O)n(C)c(C3CCOCC3)nc12. The van der Waals surface area contributed by atoms with Gasteiger partial charge in [-0.2, -0.15) is 0 Å². The fourth-order valence-electron chi connectivity index (χ4n) is 2.95. The number of hydrogen-bond acceptors (Lipinski definition) is 4. The highest BCUT2D eigenvalue weighted by atomic mass is 35.5. The van der Waals surface area contributed by atoms with Gasteiger partial charge in [-0.3, -0.25) is 14.2 Å². The van der Waals surface area contributed by atoms with Gasteiger partial charge in [-0.25, -0.2) is 4.98 Å². The number of benzene rings is 1. The summed E-state index contributed by atoms with van der Waals surface area (Å²) in [7, 11) is 1.72. The van der Waals surface area contributed by atoms with Crippen LogP contribution in [0.5, 0.6) is 0 Å². The van der Waals surface area contributed by atoms with Crippen molar-refractivity contribution in [2.45, 2.75) is 25.7 Å². The lowest BCUT2D eigenvalue weighted by atomic mass is 9.98. The van der Waals surface area contributed by atoms with Gasteiger partial charge in [0, 0.05) is 36.8 Å². The van der Waals surface area contributed by atoms with Crippen LogP contribution in [-0.4, -0.2) is 28.5 Å². The maximum absolute atomic E-state index is 12.6. The first-order chi connectivity index (χ1) is 10.5. The number of ketones is 1. The van der Waals surface area contributed by atoms with Gasteiger partial charge >= 0.3 is 0 Å². The van der Waals surface area contributed by atoms with Crippen LogP contribution in [0.3, 0.4) is 0 Å². The van der Waals surface area contributed by atoms with E-state index in [0.29, 0.717) is 40.5 Å². The molecule has 2 aromatic rings. The van der Waals surface area contributed by atoms with Crippen LogP contribution in [0.4, 0.5) is 0 Å². The number of carbonyl (C=O) groups is 1. The van der Waals surface area contributed by atoms with Crippen LogP contribution < -0.4 is 5.56 Å². The molecule has 0 amide bonds. The van der Waals surface area contributed by atoms with Crippen LogP contribution >= 0.6 is 11.6 Å². The fourth-order valence-corrected chi connectivity index (χ4v) is 3.16. The van der Waals surface area contributed by atoms with E-state index in [0.717, 1.165) is 12.8 Å². The first-order valence-electron chi connectivity index (χ1n) is 7.28. The molecule has 1 fully saturated rings. The van der Waals surface area contributed by atoms with Crippen LogP contribution in [-0.2, 0) is 11.8 Å². The number of fused-ring (bicyclic) bond motifs is 1. The number of nitrogens with zero attached hydrogens (tertiary/aromatic N) is 2. The predicted molar refractivity (Wildman–Crippen MR) is 84.8 cm³/mol. The molecule has 1 aliphatic rings. The van der Waals surface area contributed by atoms with Gasteiger partial charge < -0.3 is 4.74 Å². The van der Waals surface area contributed by atoms with E-state index in [1.54, 1.807) is 23.7 Å². The lowest BCUT2D eigenvalue weighted by Crippen LogP contribution is -2.27. The number of aromatic nitrogens is 2. The third-order valence-corrected chi connectivity index (χ3v) is 4.36. The Balaban J connectivity index is 2.29. The molecule has 0 saturated carbocycles. The number of carbonyl (C=O) groups excluding carboxylic acids is 1. The van der Waals surface area contributed by atoms with Crippen molar-refractivity contribution in [3.63, 3.8) is 0 Å². The van der Waals surface area contributed by atoms with Crippen molar-refractivity contribution in [1.29, 1.82) is 0 Å². The molecule has 1 saturated heterocycles. The van der Waals surface area contributed by atoms with Gasteiger partial charge in [-0.15, -0.1) is 0 Å². The summed E-state index contributed by atoms with van der Waals surface area (Å²) in [5.74, 6) is 0.739. The van der Waals surface area contributed by atoms with Crippen molar-refractivity contribution in [2.24, 2.45) is 7.05 Å². The van der Waals surface area contributed by atoms with E-state index in [4.69, 9.17) is 16.3 Å². The lowest BCUT2D eigenvalue weighted by Gasteiger charge is -2.23. The van der Waals surface area contributed by atoms with Crippen LogP contribution in [0.2, 0.25) is 5.02 Å². The van der Waals surface area contributed by atoms with Crippen LogP contribution in [0.15, 0.2) is 16.9 Å². The summed E-state index contributed by atoms with van der Waals surface area (Å²) in [4.78, 5) is 29.2. The van der Waals surface area contributed by atoms with Crippen molar-refractivity contribution in [3.8, 4) is 0 Å². The van der Waals surface area contributed by atoms with Crippen LogP contribution in [0.25, 0.3) is 10.9 Å². The van der Waals surface area contributed by atoms with Gasteiger partial charge in [0.15, 0.2) is 5.78 Å². The molecule has 1 aliphatic heterocycles. The molecule has 0 bridgehead atoms. The fraction of sp³-hybridized carbons (Fsp3) is 0.438. The van der Waals surface area contributed by atoms with Crippen molar-refractivity contribution in [3.05, 3.63) is 38.9 Å². The molecule has 0 atom stereocenters. The molecule has 2 heterocycles. The van der Waals surface area contributed by atoms with E-state index < -0.39 is 0 Å². The second-order valence-electron chi connectivity index (χ2n) is 5.63. The zero-order valence-electron chi connectivity index (χ0n) is 12.6. The standard InChI is InChI=1S/C16H17ClN2O3/c1-9(20)12-7-11(17)8-13-14(12)18-15(19(2)16(13)21)10-3-5-22-6-4-10/h7-8,10H,3-6H2,1-2H3. The summed E-state index contributed by atoms with van der Waals surface area (Å²) in [5.41, 5.74) is 0.673. The number of ether oxygens (including phenoxy) is 1. The van der Waals surface area contributed by atoms with Crippen molar-refractivity contribution in [2.75, 3.05) is 13.2 Å². The largest absolute Gasteiger partial charge is 0.381 e. The Morgan fingerprint density at radius 3 is 2.68 bits per heavy atom. The molecular formula is C16H17ClN2O3. The summed E-state index contributed by atoms with van der Waals surface area (Å²) in [6.07, 6.45) is 1.66. The number of rotatable bonds is 2. The van der Waals surface area contributed by atoms with Crippen molar-refractivity contribution >= 4 is 28.3 Å². The Bertz CT molecular complexity index is 807. The Labute approximate surface area is 132 Å². The van der Waals surface area contributed by atoms with E-state index >= 15 is 0 Å². The van der Waals surface area contributed by atoms with Crippen molar-refractivity contribution < 1.29 is 9.53 Å². The first kappa shape index (κ1) is 15.2. The minimum Gasteiger partial charge on any atom is -0.381 e. The number of Topliss-reactive ketones (excluding diaryl/α,β-unsaturated/α-hetero) is 1. The van der Waals surface area contributed by atoms with Gasteiger partial charge in [0.1, 0.15) is 5.82 Å². The van der Waals surface area contributed by atoms with Gasteiger partial charge in [0.05, 0.1) is 10.9 Å². The van der Waals surface area contributed by atoms with E-state index in [9.17, 15) is 9.59 Å². The second kappa shape index (κ2) is 5.82. The first-order valence-corrected chi connectivity index (χ1v) is 7.65. The lowest BCUT2D eigenvalue weighted by molar-refractivity contribution is 0.0828. The van der Waals surface area contributed by atoms with Crippen molar-refractivity contribution in [1.82, 2.24) is 9.55 Å². The molecule has 116 valence electrons. The molecule has 0 spiro atoms. The molecular weight excluding hydrogens is 304 g/mol.